The monoisotopic (exact) mass is 399 g/mol. The maximum atomic E-state index is 12.9. The number of hydrogen-bond acceptors (Lipinski definition) is 4. The van der Waals surface area contributed by atoms with E-state index in [-0.39, 0.29) is 11.5 Å². The van der Waals surface area contributed by atoms with Gasteiger partial charge >= 0.3 is 5.97 Å². The molecule has 0 saturated heterocycles. The summed E-state index contributed by atoms with van der Waals surface area (Å²) >= 11 is 9.28. The minimum absolute atomic E-state index is 0.262. The molecule has 0 unspecified atom stereocenters. The van der Waals surface area contributed by atoms with Crippen LogP contribution in [0.1, 0.15) is 37.7 Å². The van der Waals surface area contributed by atoms with Crippen LogP contribution >= 0.6 is 27.5 Å². The number of rotatable bonds is 5. The van der Waals surface area contributed by atoms with Crippen LogP contribution in [0.5, 0.6) is 5.75 Å². The van der Waals surface area contributed by atoms with Gasteiger partial charge in [-0.3, -0.25) is 4.79 Å². The summed E-state index contributed by atoms with van der Waals surface area (Å²) in [7, 11) is 2.76. The van der Waals surface area contributed by atoms with Crippen LogP contribution in [0.25, 0.3) is 0 Å². The molecule has 1 aromatic carbocycles. The molecule has 0 aliphatic heterocycles. The lowest BCUT2D eigenvalue weighted by Gasteiger charge is -2.08. The molecule has 2 aromatic rings. The van der Waals surface area contributed by atoms with Crippen molar-refractivity contribution in [2.24, 2.45) is 0 Å². The zero-order valence-corrected chi connectivity index (χ0v) is 15.2. The third-order valence-corrected chi connectivity index (χ3v) is 4.33. The Hall–Kier alpha value is -1.79. The predicted octanol–water partition coefficient (Wildman–Crippen LogP) is 3.90. The predicted molar refractivity (Wildman–Crippen MR) is 90.9 cm³/mol. The van der Waals surface area contributed by atoms with Crippen molar-refractivity contribution in [2.75, 3.05) is 14.2 Å². The molecule has 23 heavy (non-hydrogen) atoms. The number of halogens is 2. The maximum Gasteiger partial charge on any atom is 0.354 e. The Bertz CT molecular complexity index is 770. The number of esters is 1. The molecule has 5 nitrogen and oxygen atoms in total. The Morgan fingerprint density at radius 2 is 1.96 bits per heavy atom. The molecule has 0 bridgehead atoms. The second-order valence-electron chi connectivity index (χ2n) is 4.78. The van der Waals surface area contributed by atoms with E-state index in [2.05, 4.69) is 20.9 Å². The van der Waals surface area contributed by atoms with Gasteiger partial charge in [0.2, 0.25) is 5.78 Å². The van der Waals surface area contributed by atoms with Crippen molar-refractivity contribution in [1.29, 1.82) is 0 Å². The molecular weight excluding hydrogens is 386 g/mol. The average molecular weight is 401 g/mol. The fourth-order valence-electron chi connectivity index (χ4n) is 2.29. The first kappa shape index (κ1) is 17.6. The quantitative estimate of drug-likeness (QED) is 0.469. The Balaban J connectivity index is 2.58. The fourth-order valence-corrected chi connectivity index (χ4v) is 3.15. The smallest absolute Gasteiger partial charge is 0.354 e. The number of aromatic amines is 1. The highest BCUT2D eigenvalue weighted by atomic mass is 79.9. The minimum atomic E-state index is -0.521. The number of H-pyrrole nitrogens is 1. The zero-order valence-electron chi connectivity index (χ0n) is 12.8. The molecular formula is C16H15BrClNO4. The van der Waals surface area contributed by atoms with E-state index in [4.69, 9.17) is 21.1 Å². The lowest BCUT2D eigenvalue weighted by atomic mass is 10.0. The van der Waals surface area contributed by atoms with E-state index in [0.29, 0.717) is 38.5 Å². The SMILES string of the molecule is COC(=O)c1[nH]c(C(=O)c2ccc(Cl)cc2OC)c(CBr)c1C. The number of ether oxygens (including phenoxy) is 2. The van der Waals surface area contributed by atoms with Crippen molar-refractivity contribution in [3.05, 3.63) is 51.3 Å². The van der Waals surface area contributed by atoms with Gasteiger partial charge in [-0.1, -0.05) is 27.5 Å². The van der Waals surface area contributed by atoms with Gasteiger partial charge in [0.05, 0.1) is 25.5 Å². The summed E-state index contributed by atoms with van der Waals surface area (Å²) in [5.74, 6) is -0.437. The summed E-state index contributed by atoms with van der Waals surface area (Å²) in [6.07, 6.45) is 0. The summed E-state index contributed by atoms with van der Waals surface area (Å²) in [6, 6.07) is 4.78. The number of carbonyl (C=O) groups excluding carboxylic acids is 2. The van der Waals surface area contributed by atoms with Crippen molar-refractivity contribution in [3.63, 3.8) is 0 Å². The van der Waals surface area contributed by atoms with Crippen LogP contribution in [0, 0.1) is 6.92 Å². The van der Waals surface area contributed by atoms with Gasteiger partial charge in [0, 0.05) is 10.4 Å². The Kier molecular flexibility index (Phi) is 5.49. The van der Waals surface area contributed by atoms with Gasteiger partial charge in [0.15, 0.2) is 0 Å². The normalized spacial score (nSPS) is 10.5. The van der Waals surface area contributed by atoms with E-state index in [0.717, 1.165) is 0 Å². The van der Waals surface area contributed by atoms with Crippen LogP contribution in [-0.2, 0) is 10.1 Å². The Labute approximate surface area is 147 Å². The summed E-state index contributed by atoms with van der Waals surface area (Å²) in [5, 5.41) is 0.889. The molecule has 0 saturated carbocycles. The zero-order chi connectivity index (χ0) is 17.1. The van der Waals surface area contributed by atoms with Crippen molar-refractivity contribution in [1.82, 2.24) is 4.98 Å². The number of carbonyl (C=O) groups is 2. The van der Waals surface area contributed by atoms with E-state index in [1.807, 2.05) is 0 Å². The van der Waals surface area contributed by atoms with E-state index >= 15 is 0 Å². The van der Waals surface area contributed by atoms with Crippen molar-refractivity contribution in [3.8, 4) is 5.75 Å². The van der Waals surface area contributed by atoms with Crippen LogP contribution in [0.2, 0.25) is 5.02 Å². The molecule has 0 spiro atoms. The molecule has 122 valence electrons. The van der Waals surface area contributed by atoms with Gasteiger partial charge in [0.1, 0.15) is 11.4 Å². The average Bonchev–Trinajstić information content (AvgIpc) is 2.89. The minimum Gasteiger partial charge on any atom is -0.496 e. The summed E-state index contributed by atoms with van der Waals surface area (Å²) in [4.78, 5) is 27.6. The second-order valence-corrected chi connectivity index (χ2v) is 5.77. The number of nitrogens with one attached hydrogen (secondary N) is 1. The highest BCUT2D eigenvalue weighted by Gasteiger charge is 2.25. The molecule has 1 heterocycles. The largest absolute Gasteiger partial charge is 0.496 e. The molecule has 0 aliphatic carbocycles. The molecule has 1 N–H and O–H groups in total. The molecule has 0 radical (unpaired) electrons. The number of hydrogen-bond donors (Lipinski definition) is 1. The van der Waals surface area contributed by atoms with Crippen molar-refractivity contribution in [2.45, 2.75) is 12.3 Å². The van der Waals surface area contributed by atoms with E-state index in [9.17, 15) is 9.59 Å². The first-order valence-electron chi connectivity index (χ1n) is 6.68. The molecule has 0 fully saturated rings. The second kappa shape index (κ2) is 7.19. The third-order valence-electron chi connectivity index (χ3n) is 3.54. The summed E-state index contributed by atoms with van der Waals surface area (Å²) in [6.45, 7) is 1.76. The number of aromatic nitrogens is 1. The summed E-state index contributed by atoms with van der Waals surface area (Å²) < 4.78 is 9.96. The maximum absolute atomic E-state index is 12.9. The Morgan fingerprint density at radius 3 is 2.52 bits per heavy atom. The molecule has 0 amide bonds. The van der Waals surface area contributed by atoms with Gasteiger partial charge < -0.3 is 14.5 Å². The number of benzene rings is 1. The highest BCUT2D eigenvalue weighted by molar-refractivity contribution is 9.08. The van der Waals surface area contributed by atoms with Gasteiger partial charge in [-0.15, -0.1) is 0 Å². The van der Waals surface area contributed by atoms with Crippen molar-refractivity contribution < 1.29 is 19.1 Å². The van der Waals surface area contributed by atoms with Crippen LogP contribution in [0.15, 0.2) is 18.2 Å². The van der Waals surface area contributed by atoms with Crippen LogP contribution in [-0.4, -0.2) is 31.0 Å². The summed E-state index contributed by atoms with van der Waals surface area (Å²) in [5.41, 5.74) is 2.31. The van der Waals surface area contributed by atoms with Gasteiger partial charge in [-0.25, -0.2) is 4.79 Å². The molecule has 2 rings (SSSR count). The molecule has 0 atom stereocenters. The highest BCUT2D eigenvalue weighted by Crippen LogP contribution is 2.29. The fraction of sp³-hybridized carbons (Fsp3) is 0.250. The van der Waals surface area contributed by atoms with E-state index in [1.54, 1.807) is 25.1 Å². The van der Waals surface area contributed by atoms with Crippen molar-refractivity contribution >= 4 is 39.3 Å². The van der Waals surface area contributed by atoms with Gasteiger partial charge in [-0.05, 0) is 36.2 Å². The Morgan fingerprint density at radius 1 is 1.26 bits per heavy atom. The first-order valence-corrected chi connectivity index (χ1v) is 8.18. The van der Waals surface area contributed by atoms with Crippen LogP contribution < -0.4 is 4.74 Å². The lowest BCUT2D eigenvalue weighted by Crippen LogP contribution is -2.08. The standard InChI is InChI=1S/C16H15BrClNO4/c1-8-11(7-17)14(19-13(8)16(21)23-3)15(20)10-5-4-9(18)6-12(10)22-2/h4-6,19H,7H2,1-3H3. The van der Waals surface area contributed by atoms with Gasteiger partial charge in [-0.2, -0.15) is 0 Å². The molecule has 0 aliphatic rings. The van der Waals surface area contributed by atoms with Crippen LogP contribution in [0.3, 0.4) is 0 Å². The lowest BCUT2D eigenvalue weighted by molar-refractivity contribution is 0.0594. The van der Waals surface area contributed by atoms with E-state index < -0.39 is 5.97 Å². The van der Waals surface area contributed by atoms with Crippen LogP contribution in [0.4, 0.5) is 0 Å². The third kappa shape index (κ3) is 3.28. The number of ketones is 1. The molecule has 1 aromatic heterocycles. The number of alkyl halides is 1. The number of methoxy groups -OCH3 is 2. The topological polar surface area (TPSA) is 68.4 Å². The van der Waals surface area contributed by atoms with Gasteiger partial charge in [0.25, 0.3) is 0 Å². The van der Waals surface area contributed by atoms with E-state index in [1.165, 1.54) is 14.2 Å². The molecule has 7 heteroatoms. The first-order chi connectivity index (χ1) is 10.9.